The van der Waals surface area contributed by atoms with Crippen LogP contribution in [0.15, 0.2) is 47.0 Å². The second kappa shape index (κ2) is 6.07. The second-order valence-corrected chi connectivity index (χ2v) is 4.54. The van der Waals surface area contributed by atoms with Crippen molar-refractivity contribution in [2.75, 3.05) is 0 Å². The zero-order valence-corrected chi connectivity index (χ0v) is 10.4. The summed E-state index contributed by atoms with van der Waals surface area (Å²) < 4.78 is 5.19. The second-order valence-electron chi connectivity index (χ2n) is 3.62. The Morgan fingerprint density at radius 2 is 2.00 bits per heavy atom. The van der Waals surface area contributed by atoms with Crippen LogP contribution in [-0.2, 0) is 17.9 Å². The summed E-state index contributed by atoms with van der Waals surface area (Å²) in [5, 5.41) is 4.54. The largest absolute Gasteiger partial charge is 0.457 e. The number of carbonyl (C=O) groups excluding carboxylic acids is 1. The van der Waals surface area contributed by atoms with E-state index in [1.54, 1.807) is 11.4 Å². The lowest BCUT2D eigenvalue weighted by Crippen LogP contribution is -2.05. The van der Waals surface area contributed by atoms with Gasteiger partial charge in [-0.25, -0.2) is 4.79 Å². The van der Waals surface area contributed by atoms with Crippen molar-refractivity contribution in [1.29, 1.82) is 0 Å². The predicted octanol–water partition coefficient (Wildman–Crippen LogP) is 3.37. The summed E-state index contributed by atoms with van der Waals surface area (Å²) in [6.45, 7) is 0.227. The average molecular weight is 261 g/mol. The maximum absolute atomic E-state index is 11.8. The number of esters is 1. The number of hydrogen-bond acceptors (Lipinski definition) is 5. The first kappa shape index (κ1) is 12.4. The quantitative estimate of drug-likeness (QED) is 0.612. The molecule has 0 saturated heterocycles. The van der Waals surface area contributed by atoms with Gasteiger partial charge in [0.15, 0.2) is 0 Å². The molecule has 0 fully saturated rings. The van der Waals surface area contributed by atoms with Gasteiger partial charge in [0.1, 0.15) is 18.0 Å². The molecule has 0 atom stereocenters. The summed E-state index contributed by atoms with van der Waals surface area (Å²) in [5.74, 6) is -0.410. The molecule has 0 bridgehead atoms. The smallest absolute Gasteiger partial charge is 0.348 e. The lowest BCUT2D eigenvalue weighted by atomic mass is 10.2. The number of thiophene rings is 1. The summed E-state index contributed by atoms with van der Waals surface area (Å²) in [7, 11) is 0. The van der Waals surface area contributed by atoms with E-state index in [2.05, 4.69) is 5.18 Å². The Balaban J connectivity index is 1.99. The van der Waals surface area contributed by atoms with Crippen LogP contribution in [0.5, 0.6) is 0 Å². The molecule has 18 heavy (non-hydrogen) atoms. The van der Waals surface area contributed by atoms with E-state index in [0.717, 1.165) is 5.56 Å². The van der Waals surface area contributed by atoms with Gasteiger partial charge < -0.3 is 4.74 Å². The van der Waals surface area contributed by atoms with E-state index in [4.69, 9.17) is 4.74 Å². The Bertz CT molecular complexity index is 536. The van der Waals surface area contributed by atoms with Gasteiger partial charge in [-0.2, -0.15) is 4.91 Å². The van der Waals surface area contributed by atoms with E-state index >= 15 is 0 Å². The Labute approximate surface area is 108 Å². The number of benzene rings is 1. The zero-order valence-electron chi connectivity index (χ0n) is 9.54. The van der Waals surface area contributed by atoms with Crippen LogP contribution >= 0.6 is 11.3 Å². The molecule has 0 aliphatic carbocycles. The van der Waals surface area contributed by atoms with Crippen LogP contribution in [0, 0.1) is 4.91 Å². The molecule has 0 spiro atoms. The number of rotatable bonds is 5. The summed E-state index contributed by atoms with van der Waals surface area (Å²) in [5.41, 5.74) is 1.55. The fourth-order valence-electron chi connectivity index (χ4n) is 1.50. The highest BCUT2D eigenvalue weighted by Crippen LogP contribution is 2.19. The summed E-state index contributed by atoms with van der Waals surface area (Å²) in [4.78, 5) is 22.5. The van der Waals surface area contributed by atoms with Gasteiger partial charge in [-0.15, -0.1) is 11.3 Å². The van der Waals surface area contributed by atoms with E-state index in [0.29, 0.717) is 10.4 Å². The van der Waals surface area contributed by atoms with Crippen molar-refractivity contribution in [2.24, 2.45) is 5.18 Å². The normalized spacial score (nSPS) is 10.0. The molecule has 0 N–H and O–H groups in total. The molecule has 4 nitrogen and oxygen atoms in total. The number of nitrogens with zero attached hydrogens (tertiary/aromatic N) is 1. The Hall–Kier alpha value is -2.01. The topological polar surface area (TPSA) is 55.7 Å². The highest BCUT2D eigenvalue weighted by molar-refractivity contribution is 7.12. The first-order valence-electron chi connectivity index (χ1n) is 5.38. The lowest BCUT2D eigenvalue weighted by molar-refractivity contribution is 0.0477. The van der Waals surface area contributed by atoms with E-state index in [1.165, 1.54) is 11.3 Å². The van der Waals surface area contributed by atoms with Crippen molar-refractivity contribution in [3.05, 3.63) is 62.7 Å². The van der Waals surface area contributed by atoms with E-state index < -0.39 is 5.97 Å². The first-order valence-corrected chi connectivity index (χ1v) is 6.26. The molecule has 2 rings (SSSR count). The standard InChI is InChI=1S/C13H11NO3S/c15-13(12-11(8-14-16)6-7-18-12)17-9-10-4-2-1-3-5-10/h1-7H,8-9H2. The van der Waals surface area contributed by atoms with Crippen molar-refractivity contribution in [3.63, 3.8) is 0 Å². The van der Waals surface area contributed by atoms with Crippen molar-refractivity contribution in [2.45, 2.75) is 13.2 Å². The molecule has 0 aliphatic rings. The van der Waals surface area contributed by atoms with Gasteiger partial charge >= 0.3 is 5.97 Å². The van der Waals surface area contributed by atoms with Crippen LogP contribution in [0.2, 0.25) is 0 Å². The van der Waals surface area contributed by atoms with Crippen LogP contribution in [0.3, 0.4) is 0 Å². The molecule has 5 heteroatoms. The predicted molar refractivity (Wildman–Crippen MR) is 69.4 cm³/mol. The molecule has 0 amide bonds. The van der Waals surface area contributed by atoms with Crippen molar-refractivity contribution >= 4 is 17.3 Å². The van der Waals surface area contributed by atoms with Crippen LogP contribution in [0.1, 0.15) is 20.8 Å². The number of ether oxygens (including phenoxy) is 1. The molecule has 0 aliphatic heterocycles. The lowest BCUT2D eigenvalue weighted by Gasteiger charge is -2.04. The Kier molecular flexibility index (Phi) is 4.20. The van der Waals surface area contributed by atoms with Gasteiger partial charge in [0.2, 0.25) is 0 Å². The van der Waals surface area contributed by atoms with Crippen molar-refractivity contribution in [1.82, 2.24) is 0 Å². The van der Waals surface area contributed by atoms with Crippen LogP contribution in [0.25, 0.3) is 0 Å². The van der Waals surface area contributed by atoms with Gasteiger partial charge in [0, 0.05) is 5.56 Å². The van der Waals surface area contributed by atoms with Gasteiger partial charge in [-0.05, 0) is 17.0 Å². The number of nitroso groups, excluding NO2 is 1. The highest BCUT2D eigenvalue weighted by Gasteiger charge is 2.14. The minimum absolute atomic E-state index is 0.000724. The first-order chi connectivity index (χ1) is 8.81. The highest BCUT2D eigenvalue weighted by atomic mass is 32.1. The molecule has 92 valence electrons. The SMILES string of the molecule is O=NCc1ccsc1C(=O)OCc1ccccc1. The summed E-state index contributed by atoms with van der Waals surface area (Å²) in [6, 6.07) is 11.2. The third-order valence-corrected chi connectivity index (χ3v) is 3.32. The molecular formula is C13H11NO3S. The maximum Gasteiger partial charge on any atom is 0.348 e. The molecule has 2 aromatic rings. The molecule has 1 heterocycles. The van der Waals surface area contributed by atoms with Crippen LogP contribution in [0.4, 0.5) is 0 Å². The van der Waals surface area contributed by atoms with E-state index in [-0.39, 0.29) is 13.2 Å². The van der Waals surface area contributed by atoms with Gasteiger partial charge in [-0.3, -0.25) is 0 Å². The molecule has 0 unspecified atom stereocenters. The van der Waals surface area contributed by atoms with Gasteiger partial charge in [0.05, 0.1) is 0 Å². The third kappa shape index (κ3) is 3.01. The third-order valence-electron chi connectivity index (χ3n) is 2.38. The van der Waals surface area contributed by atoms with Crippen molar-refractivity contribution in [3.8, 4) is 0 Å². The van der Waals surface area contributed by atoms with Gasteiger partial charge in [0.25, 0.3) is 0 Å². The minimum Gasteiger partial charge on any atom is -0.457 e. The molecule has 0 saturated carbocycles. The summed E-state index contributed by atoms with van der Waals surface area (Å²) in [6.07, 6.45) is 0. The van der Waals surface area contributed by atoms with Gasteiger partial charge in [-0.1, -0.05) is 35.5 Å². The Morgan fingerprint density at radius 3 is 2.72 bits per heavy atom. The number of carbonyl (C=O) groups is 1. The summed E-state index contributed by atoms with van der Waals surface area (Å²) >= 11 is 1.26. The fourth-order valence-corrected chi connectivity index (χ4v) is 2.30. The van der Waals surface area contributed by atoms with Crippen LogP contribution in [-0.4, -0.2) is 5.97 Å². The molecule has 0 radical (unpaired) electrons. The number of hydrogen-bond donors (Lipinski definition) is 0. The maximum atomic E-state index is 11.8. The average Bonchev–Trinajstić information content (AvgIpc) is 2.86. The van der Waals surface area contributed by atoms with E-state index in [1.807, 2.05) is 30.3 Å². The molecule has 1 aromatic heterocycles. The molecule has 1 aromatic carbocycles. The zero-order chi connectivity index (χ0) is 12.8. The van der Waals surface area contributed by atoms with E-state index in [9.17, 15) is 9.70 Å². The Morgan fingerprint density at radius 1 is 1.22 bits per heavy atom. The van der Waals surface area contributed by atoms with Crippen LogP contribution < -0.4 is 0 Å². The minimum atomic E-state index is -0.410. The molecular weight excluding hydrogens is 250 g/mol. The monoisotopic (exact) mass is 261 g/mol. The van der Waals surface area contributed by atoms with Crippen molar-refractivity contribution < 1.29 is 9.53 Å². The fraction of sp³-hybridized carbons (Fsp3) is 0.154.